The third-order valence-corrected chi connectivity index (χ3v) is 4.36. The Hall–Kier alpha value is -3.80. The van der Waals surface area contributed by atoms with Crippen molar-refractivity contribution in [1.29, 1.82) is 0 Å². The summed E-state index contributed by atoms with van der Waals surface area (Å²) in [7, 11) is 1.52. The van der Waals surface area contributed by atoms with Crippen molar-refractivity contribution in [2.75, 3.05) is 0 Å². The lowest BCUT2D eigenvalue weighted by molar-refractivity contribution is 0.0950. The number of fused-ring (bicyclic) bond motifs is 2. The number of hydrogen-bond acceptors (Lipinski definition) is 4. The standard InChI is InChI=1S/C21H16N4O2/c1-25-21(27)18-12-5-4-11-17(18)19(24-25)20(26)23-22-13-15-9-6-8-14-7-2-3-10-16(14)15/h2-13H,1H3,(H,23,26)/b22-13-. The van der Waals surface area contributed by atoms with Crippen LogP contribution in [0.3, 0.4) is 0 Å². The van der Waals surface area contributed by atoms with Gasteiger partial charge in [-0.15, -0.1) is 0 Å². The molecule has 1 heterocycles. The van der Waals surface area contributed by atoms with E-state index in [4.69, 9.17) is 0 Å². The Morgan fingerprint density at radius 3 is 2.44 bits per heavy atom. The number of amides is 1. The lowest BCUT2D eigenvalue weighted by Gasteiger charge is -2.06. The van der Waals surface area contributed by atoms with Crippen molar-refractivity contribution in [3.63, 3.8) is 0 Å². The van der Waals surface area contributed by atoms with Crippen LogP contribution in [0.2, 0.25) is 0 Å². The first-order valence-corrected chi connectivity index (χ1v) is 8.42. The first kappa shape index (κ1) is 16.7. The van der Waals surface area contributed by atoms with Crippen LogP contribution in [-0.4, -0.2) is 21.9 Å². The maximum atomic E-state index is 12.6. The van der Waals surface area contributed by atoms with E-state index in [1.165, 1.54) is 7.05 Å². The van der Waals surface area contributed by atoms with Crippen LogP contribution in [0.1, 0.15) is 16.1 Å². The topological polar surface area (TPSA) is 76.3 Å². The van der Waals surface area contributed by atoms with E-state index in [0.717, 1.165) is 21.0 Å². The second kappa shape index (κ2) is 6.84. The van der Waals surface area contributed by atoms with Crippen molar-refractivity contribution in [2.45, 2.75) is 0 Å². The van der Waals surface area contributed by atoms with Crippen LogP contribution < -0.4 is 11.0 Å². The van der Waals surface area contributed by atoms with Crippen molar-refractivity contribution in [3.05, 3.63) is 88.3 Å². The minimum atomic E-state index is -0.474. The molecule has 1 aromatic heterocycles. The molecule has 132 valence electrons. The van der Waals surface area contributed by atoms with Gasteiger partial charge in [-0.05, 0) is 16.8 Å². The van der Waals surface area contributed by atoms with Crippen molar-refractivity contribution in [1.82, 2.24) is 15.2 Å². The molecule has 0 fully saturated rings. The van der Waals surface area contributed by atoms with Crippen LogP contribution >= 0.6 is 0 Å². The number of rotatable bonds is 3. The Balaban J connectivity index is 1.65. The number of nitrogens with zero attached hydrogens (tertiary/aromatic N) is 3. The Morgan fingerprint density at radius 1 is 0.963 bits per heavy atom. The number of nitrogens with one attached hydrogen (secondary N) is 1. The zero-order chi connectivity index (χ0) is 18.8. The summed E-state index contributed by atoms with van der Waals surface area (Å²) in [6, 6.07) is 20.7. The van der Waals surface area contributed by atoms with Crippen LogP contribution in [0, 0.1) is 0 Å². The number of carbonyl (C=O) groups excluding carboxylic acids is 1. The van der Waals surface area contributed by atoms with E-state index in [1.54, 1.807) is 30.5 Å². The average molecular weight is 356 g/mol. The molecule has 0 aliphatic carbocycles. The molecule has 0 aliphatic heterocycles. The second-order valence-corrected chi connectivity index (χ2v) is 6.09. The average Bonchev–Trinajstić information content (AvgIpc) is 2.71. The summed E-state index contributed by atoms with van der Waals surface area (Å²) >= 11 is 0. The molecule has 0 atom stereocenters. The zero-order valence-electron chi connectivity index (χ0n) is 14.6. The number of carbonyl (C=O) groups is 1. The van der Waals surface area contributed by atoms with Gasteiger partial charge in [-0.3, -0.25) is 9.59 Å². The predicted octanol–water partition coefficient (Wildman–Crippen LogP) is 2.85. The van der Waals surface area contributed by atoms with Gasteiger partial charge in [0.1, 0.15) is 0 Å². The summed E-state index contributed by atoms with van der Waals surface area (Å²) < 4.78 is 1.16. The van der Waals surface area contributed by atoms with Crippen molar-refractivity contribution in [3.8, 4) is 0 Å². The third-order valence-electron chi connectivity index (χ3n) is 4.36. The molecular formula is C21H16N4O2. The molecule has 3 aromatic carbocycles. The highest BCUT2D eigenvalue weighted by Crippen LogP contribution is 2.17. The fourth-order valence-corrected chi connectivity index (χ4v) is 3.04. The number of benzene rings is 3. The molecule has 0 spiro atoms. The lowest BCUT2D eigenvalue weighted by Crippen LogP contribution is -2.27. The van der Waals surface area contributed by atoms with E-state index < -0.39 is 5.91 Å². The molecule has 0 bridgehead atoms. The Labute approximate surface area is 154 Å². The molecule has 0 radical (unpaired) electrons. The van der Waals surface area contributed by atoms with Gasteiger partial charge in [0.25, 0.3) is 11.5 Å². The molecule has 4 rings (SSSR count). The Kier molecular flexibility index (Phi) is 4.22. The molecule has 0 saturated heterocycles. The molecule has 4 aromatic rings. The van der Waals surface area contributed by atoms with Crippen LogP contribution in [0.5, 0.6) is 0 Å². The largest absolute Gasteiger partial charge is 0.292 e. The summed E-state index contributed by atoms with van der Waals surface area (Å²) in [6.45, 7) is 0. The molecule has 1 N–H and O–H groups in total. The van der Waals surface area contributed by atoms with Crippen molar-refractivity contribution < 1.29 is 4.79 Å². The fraction of sp³-hybridized carbons (Fsp3) is 0.0476. The van der Waals surface area contributed by atoms with Crippen molar-refractivity contribution >= 4 is 33.7 Å². The summed E-state index contributed by atoms with van der Waals surface area (Å²) in [5, 5.41) is 11.3. The number of hydrogen-bond donors (Lipinski definition) is 1. The van der Waals surface area contributed by atoms with Gasteiger partial charge in [0.2, 0.25) is 0 Å². The summed E-state index contributed by atoms with van der Waals surface area (Å²) in [5.41, 5.74) is 3.31. The fourth-order valence-electron chi connectivity index (χ4n) is 3.04. The molecule has 6 heteroatoms. The van der Waals surface area contributed by atoms with E-state index in [2.05, 4.69) is 15.6 Å². The molecule has 1 amide bonds. The SMILES string of the molecule is Cn1nc(C(=O)N/N=C\c2cccc3ccccc23)c2ccccc2c1=O. The van der Waals surface area contributed by atoms with Gasteiger partial charge in [0.15, 0.2) is 5.69 Å². The van der Waals surface area contributed by atoms with Gasteiger partial charge in [0.05, 0.1) is 11.6 Å². The third kappa shape index (κ3) is 3.08. The summed E-state index contributed by atoms with van der Waals surface area (Å²) in [6.07, 6.45) is 1.60. The second-order valence-electron chi connectivity index (χ2n) is 6.09. The summed E-state index contributed by atoms with van der Waals surface area (Å²) in [5.74, 6) is -0.474. The van der Waals surface area contributed by atoms with Gasteiger partial charge in [-0.1, -0.05) is 60.7 Å². The predicted molar refractivity (Wildman–Crippen MR) is 106 cm³/mol. The molecule has 0 saturated carbocycles. The van der Waals surface area contributed by atoms with Crippen LogP contribution in [0.4, 0.5) is 0 Å². The number of aromatic nitrogens is 2. The first-order valence-electron chi connectivity index (χ1n) is 8.42. The highest BCUT2D eigenvalue weighted by molar-refractivity contribution is 6.05. The minimum Gasteiger partial charge on any atom is -0.267 e. The Morgan fingerprint density at radius 2 is 1.63 bits per heavy atom. The summed E-state index contributed by atoms with van der Waals surface area (Å²) in [4.78, 5) is 24.7. The van der Waals surface area contributed by atoms with Gasteiger partial charge < -0.3 is 0 Å². The minimum absolute atomic E-state index is 0.155. The quantitative estimate of drug-likeness (QED) is 0.453. The van der Waals surface area contributed by atoms with Crippen LogP contribution in [0.25, 0.3) is 21.5 Å². The normalized spacial score (nSPS) is 11.3. The first-order chi connectivity index (χ1) is 13.1. The lowest BCUT2D eigenvalue weighted by atomic mass is 10.1. The molecular weight excluding hydrogens is 340 g/mol. The molecule has 6 nitrogen and oxygen atoms in total. The smallest absolute Gasteiger partial charge is 0.267 e. The molecule has 27 heavy (non-hydrogen) atoms. The molecule has 0 aliphatic rings. The number of hydrazone groups is 1. The van der Waals surface area contributed by atoms with Crippen LogP contribution in [0.15, 0.2) is 76.6 Å². The maximum absolute atomic E-state index is 12.6. The van der Waals surface area contributed by atoms with E-state index >= 15 is 0 Å². The number of aryl methyl sites for hydroxylation is 1. The van der Waals surface area contributed by atoms with Gasteiger partial charge in [-0.2, -0.15) is 10.2 Å². The highest BCUT2D eigenvalue weighted by atomic mass is 16.2. The van der Waals surface area contributed by atoms with Gasteiger partial charge in [0, 0.05) is 18.0 Å². The van der Waals surface area contributed by atoms with E-state index in [-0.39, 0.29) is 11.3 Å². The van der Waals surface area contributed by atoms with Crippen molar-refractivity contribution in [2.24, 2.45) is 12.1 Å². The van der Waals surface area contributed by atoms with Gasteiger partial charge in [-0.25, -0.2) is 10.1 Å². The van der Waals surface area contributed by atoms with E-state index in [0.29, 0.717) is 10.8 Å². The van der Waals surface area contributed by atoms with Gasteiger partial charge >= 0.3 is 0 Å². The maximum Gasteiger partial charge on any atom is 0.292 e. The van der Waals surface area contributed by atoms with Crippen LogP contribution in [-0.2, 0) is 7.05 Å². The van der Waals surface area contributed by atoms with E-state index in [9.17, 15) is 9.59 Å². The van der Waals surface area contributed by atoms with E-state index in [1.807, 2.05) is 42.5 Å². The monoisotopic (exact) mass is 356 g/mol. The molecule has 0 unspecified atom stereocenters. The Bertz CT molecular complexity index is 1250. The zero-order valence-corrected chi connectivity index (χ0v) is 14.6. The highest BCUT2D eigenvalue weighted by Gasteiger charge is 2.14.